The number of aliphatic hydroxyl groups excluding tert-OH is 1. The number of quaternary nitrogens is 1. The summed E-state index contributed by atoms with van der Waals surface area (Å²) in [6, 6.07) is -0.871. The predicted octanol–water partition coefficient (Wildman–Crippen LogP) is 20.3. The van der Waals surface area contributed by atoms with Crippen molar-refractivity contribution in [1.29, 1.82) is 0 Å². The fourth-order valence-electron chi connectivity index (χ4n) is 9.66. The zero-order chi connectivity index (χ0) is 54.9. The topological polar surface area (TPSA) is 105 Å². The zero-order valence-corrected chi connectivity index (χ0v) is 51.4. The summed E-state index contributed by atoms with van der Waals surface area (Å²) in [6.07, 6.45) is 76.7. The number of allylic oxidation sites excluding steroid dienone is 7. The van der Waals surface area contributed by atoms with Crippen LogP contribution in [0, 0.1) is 0 Å². The lowest BCUT2D eigenvalue weighted by Crippen LogP contribution is -2.45. The number of nitrogens with zero attached hydrogens (tertiary/aromatic N) is 1. The van der Waals surface area contributed by atoms with E-state index in [9.17, 15) is 19.4 Å². The number of rotatable bonds is 60. The minimum Gasteiger partial charge on any atom is -0.387 e. The van der Waals surface area contributed by atoms with Gasteiger partial charge in [-0.2, -0.15) is 0 Å². The molecule has 1 amide bonds. The van der Waals surface area contributed by atoms with Crippen LogP contribution in [-0.4, -0.2) is 73.4 Å². The van der Waals surface area contributed by atoms with Crippen molar-refractivity contribution in [3.8, 4) is 0 Å². The molecular formula is C66H128N2O6P+. The molecule has 0 radical (unpaired) electrons. The number of carbonyl (C=O) groups is 1. The fourth-order valence-corrected chi connectivity index (χ4v) is 10.4. The Morgan fingerprint density at radius 2 is 0.733 bits per heavy atom. The van der Waals surface area contributed by atoms with Gasteiger partial charge in [0.2, 0.25) is 5.91 Å². The van der Waals surface area contributed by atoms with Crippen LogP contribution in [0.25, 0.3) is 0 Å². The van der Waals surface area contributed by atoms with E-state index in [2.05, 4.69) is 55.6 Å². The van der Waals surface area contributed by atoms with Gasteiger partial charge in [0.25, 0.3) is 0 Å². The molecule has 0 aliphatic rings. The van der Waals surface area contributed by atoms with Gasteiger partial charge in [-0.05, 0) is 70.6 Å². The van der Waals surface area contributed by atoms with Crippen molar-refractivity contribution in [2.45, 2.75) is 328 Å². The molecule has 0 saturated heterocycles. The zero-order valence-electron chi connectivity index (χ0n) is 50.6. The Labute approximate surface area is 467 Å². The molecule has 3 atom stereocenters. The number of nitrogens with one attached hydrogen (secondary N) is 1. The number of aliphatic hydroxyl groups is 1. The van der Waals surface area contributed by atoms with E-state index in [0.29, 0.717) is 17.4 Å². The molecule has 0 aromatic heterocycles. The second kappa shape index (κ2) is 57.2. The van der Waals surface area contributed by atoms with Crippen LogP contribution in [0.4, 0.5) is 0 Å². The Morgan fingerprint density at radius 1 is 0.440 bits per heavy atom. The Kier molecular flexibility index (Phi) is 56.0. The monoisotopic (exact) mass is 1080 g/mol. The number of hydrogen-bond donors (Lipinski definition) is 3. The Morgan fingerprint density at radius 3 is 1.07 bits per heavy atom. The number of phosphoric ester groups is 1. The average molecular weight is 1080 g/mol. The molecule has 442 valence electrons. The number of unbranched alkanes of at least 4 members (excludes halogenated alkanes) is 41. The molecule has 8 nitrogen and oxygen atoms in total. The van der Waals surface area contributed by atoms with Crippen LogP contribution in [-0.2, 0) is 18.4 Å². The molecular weight excluding hydrogens is 948 g/mol. The van der Waals surface area contributed by atoms with Crippen molar-refractivity contribution in [2.75, 3.05) is 40.9 Å². The van der Waals surface area contributed by atoms with Crippen LogP contribution >= 0.6 is 7.82 Å². The summed E-state index contributed by atoms with van der Waals surface area (Å²) in [4.78, 5) is 23.4. The highest BCUT2D eigenvalue weighted by atomic mass is 31.2. The van der Waals surface area contributed by atoms with Gasteiger partial charge < -0.3 is 19.8 Å². The third-order valence-corrected chi connectivity index (χ3v) is 15.7. The summed E-state index contributed by atoms with van der Waals surface area (Å²) >= 11 is 0. The lowest BCUT2D eigenvalue weighted by molar-refractivity contribution is -0.870. The van der Waals surface area contributed by atoms with Gasteiger partial charge in [-0.1, -0.05) is 287 Å². The second-order valence-electron chi connectivity index (χ2n) is 23.5. The van der Waals surface area contributed by atoms with E-state index >= 15 is 0 Å². The molecule has 0 aromatic carbocycles. The van der Waals surface area contributed by atoms with Gasteiger partial charge in [-0.25, -0.2) is 4.57 Å². The maximum atomic E-state index is 13.0. The van der Waals surface area contributed by atoms with E-state index < -0.39 is 20.0 Å². The summed E-state index contributed by atoms with van der Waals surface area (Å²) in [5.41, 5.74) is 0. The molecule has 0 spiro atoms. The van der Waals surface area contributed by atoms with Crippen LogP contribution in [0.15, 0.2) is 48.6 Å². The predicted molar refractivity (Wildman–Crippen MR) is 327 cm³/mol. The fraction of sp³-hybridized carbons (Fsp3) is 0.864. The van der Waals surface area contributed by atoms with Gasteiger partial charge in [0, 0.05) is 6.42 Å². The molecule has 0 rings (SSSR count). The van der Waals surface area contributed by atoms with Gasteiger partial charge >= 0.3 is 7.82 Å². The van der Waals surface area contributed by atoms with E-state index in [1.165, 1.54) is 250 Å². The second-order valence-corrected chi connectivity index (χ2v) is 24.9. The number of hydrogen-bond acceptors (Lipinski definition) is 5. The standard InChI is InChI=1S/C66H127N2O6P/c1-6-8-10-12-14-16-18-20-22-24-26-28-30-32-34-36-38-40-42-44-46-48-50-52-54-56-58-60-66(70)67-64(63-74-75(71,72)73-62-61-68(3,4)5)65(69)59-57-55-53-51-49-47-45-43-41-39-37-35-33-31-29-27-25-23-21-19-17-15-13-11-9-7-2/h24,26,41,43,49,51,57,59,64-65,69H,6-23,25,27-40,42,44-48,50,52-56,58,60-63H2,1-5H3,(H-,67,70,71,72)/p+1/b26-24-,43-41+,51-49+,59-57+. The van der Waals surface area contributed by atoms with Crippen LogP contribution in [0.5, 0.6) is 0 Å². The largest absolute Gasteiger partial charge is 0.472 e. The van der Waals surface area contributed by atoms with Crippen molar-refractivity contribution in [1.82, 2.24) is 5.32 Å². The normalized spacial score (nSPS) is 14.1. The van der Waals surface area contributed by atoms with Crippen molar-refractivity contribution in [2.24, 2.45) is 0 Å². The van der Waals surface area contributed by atoms with Crippen LogP contribution in [0.1, 0.15) is 316 Å². The van der Waals surface area contributed by atoms with Gasteiger partial charge in [0.1, 0.15) is 13.2 Å². The minimum atomic E-state index is -4.36. The van der Waals surface area contributed by atoms with Crippen LogP contribution < -0.4 is 5.32 Å². The maximum Gasteiger partial charge on any atom is 0.472 e. The number of likely N-dealkylation sites (N-methyl/N-ethyl adjacent to an activating group) is 1. The summed E-state index contributed by atoms with van der Waals surface area (Å²) in [6.45, 7) is 4.83. The molecule has 75 heavy (non-hydrogen) atoms. The third-order valence-electron chi connectivity index (χ3n) is 14.7. The van der Waals surface area contributed by atoms with E-state index in [-0.39, 0.29) is 19.1 Å². The molecule has 0 heterocycles. The SMILES string of the molecule is CCCCCCCCCC/C=C\CCCCCCCCCCCCCCCCCC(=O)NC(COP(=O)(O)OCC[N+](C)(C)C)C(O)/C=C/CC/C=C/CC/C=C/CCCCCCCCCCCCCCCCCC. The number of carbonyl (C=O) groups excluding carboxylic acids is 1. The lowest BCUT2D eigenvalue weighted by Gasteiger charge is -2.25. The van der Waals surface area contributed by atoms with Crippen molar-refractivity contribution < 1.29 is 32.9 Å². The van der Waals surface area contributed by atoms with E-state index in [1.54, 1.807) is 6.08 Å². The first-order valence-electron chi connectivity index (χ1n) is 32.5. The molecule has 0 aliphatic heterocycles. The van der Waals surface area contributed by atoms with Crippen molar-refractivity contribution in [3.05, 3.63) is 48.6 Å². The Hall–Kier alpha value is -1.54. The van der Waals surface area contributed by atoms with Gasteiger partial charge in [-0.3, -0.25) is 13.8 Å². The smallest absolute Gasteiger partial charge is 0.387 e. The number of amides is 1. The molecule has 0 aliphatic carbocycles. The molecule has 0 aromatic rings. The van der Waals surface area contributed by atoms with Crippen LogP contribution in [0.3, 0.4) is 0 Å². The Bertz CT molecular complexity index is 1360. The van der Waals surface area contributed by atoms with Gasteiger partial charge in [0.15, 0.2) is 0 Å². The molecule has 9 heteroatoms. The highest BCUT2D eigenvalue weighted by molar-refractivity contribution is 7.47. The first kappa shape index (κ1) is 73.5. The summed E-state index contributed by atoms with van der Waals surface area (Å²) in [5, 5.41) is 14.0. The summed E-state index contributed by atoms with van der Waals surface area (Å²) < 4.78 is 23.8. The van der Waals surface area contributed by atoms with Crippen molar-refractivity contribution in [3.63, 3.8) is 0 Å². The highest BCUT2D eigenvalue weighted by Crippen LogP contribution is 2.43. The van der Waals surface area contributed by atoms with E-state index in [4.69, 9.17) is 9.05 Å². The minimum absolute atomic E-state index is 0.0539. The highest BCUT2D eigenvalue weighted by Gasteiger charge is 2.27. The maximum absolute atomic E-state index is 13.0. The first-order valence-corrected chi connectivity index (χ1v) is 34.0. The quantitative estimate of drug-likeness (QED) is 0.0243. The number of phosphoric acid groups is 1. The first-order chi connectivity index (χ1) is 36.5. The van der Waals surface area contributed by atoms with Gasteiger partial charge in [0.05, 0.1) is 39.9 Å². The molecule has 0 saturated carbocycles. The van der Waals surface area contributed by atoms with E-state index in [1.807, 2.05) is 27.2 Å². The van der Waals surface area contributed by atoms with E-state index in [0.717, 1.165) is 44.9 Å². The van der Waals surface area contributed by atoms with Crippen molar-refractivity contribution >= 4 is 13.7 Å². The summed E-state index contributed by atoms with van der Waals surface area (Å²) in [5.74, 6) is -0.187. The summed E-state index contributed by atoms with van der Waals surface area (Å²) in [7, 11) is 1.56. The molecule has 0 fully saturated rings. The Balaban J connectivity index is 4.18. The third kappa shape index (κ3) is 60.0. The molecule has 3 N–H and O–H groups in total. The average Bonchev–Trinajstić information content (AvgIpc) is 3.37. The van der Waals surface area contributed by atoms with Crippen LogP contribution in [0.2, 0.25) is 0 Å². The van der Waals surface area contributed by atoms with Gasteiger partial charge in [-0.15, -0.1) is 0 Å². The molecule has 3 unspecified atom stereocenters. The molecule has 0 bridgehead atoms. The lowest BCUT2D eigenvalue weighted by atomic mass is 10.0.